The summed E-state index contributed by atoms with van der Waals surface area (Å²) in [7, 11) is 0. The molecule has 0 N–H and O–H groups in total. The van der Waals surface area contributed by atoms with Crippen LogP contribution in [0.25, 0.3) is 55.3 Å². The molecule has 0 saturated heterocycles. The molecule has 54 heavy (non-hydrogen) atoms. The average molecular weight is 686 g/mol. The number of benzene rings is 9. The topological polar surface area (TPSA) is 3.24 Å². The van der Waals surface area contributed by atoms with Crippen LogP contribution < -0.4 is 4.90 Å². The third kappa shape index (κ3) is 4.39. The second-order valence-corrected chi connectivity index (χ2v) is 14.4. The molecule has 0 bridgehead atoms. The minimum absolute atomic E-state index is 0.371. The van der Waals surface area contributed by atoms with Crippen molar-refractivity contribution in [2.45, 2.75) is 5.41 Å². The molecule has 0 heterocycles. The standard InChI is InChI=1S/C53H35N/c1-3-15-36(16-4-1)37-27-29-39(30-28-37)54(52-34-32-41(38-17-5-2-6-18-38)42-19-7-8-23-46(42)52)40-31-33-51-47(35-40)45-22-11-14-26-50(45)53(51)48-24-12-9-20-43(48)44-21-10-13-25-49(44)53/h1-35H. The van der Waals surface area contributed by atoms with E-state index in [1.165, 1.54) is 77.5 Å². The number of nitrogens with zero attached hydrogens (tertiary/aromatic N) is 1. The van der Waals surface area contributed by atoms with Crippen molar-refractivity contribution in [3.63, 3.8) is 0 Å². The van der Waals surface area contributed by atoms with Gasteiger partial charge in [-0.1, -0.05) is 182 Å². The summed E-state index contributed by atoms with van der Waals surface area (Å²) in [6, 6.07) is 78.2. The quantitative estimate of drug-likeness (QED) is 0.174. The molecule has 1 nitrogen and oxygen atoms in total. The first-order valence-corrected chi connectivity index (χ1v) is 18.8. The summed E-state index contributed by atoms with van der Waals surface area (Å²) in [5.41, 5.74) is 18.5. The molecular formula is C53H35N. The number of fused-ring (bicyclic) bond motifs is 11. The molecule has 0 saturated carbocycles. The van der Waals surface area contributed by atoms with Crippen molar-refractivity contribution in [3.8, 4) is 44.5 Å². The molecule has 0 unspecified atom stereocenters. The van der Waals surface area contributed by atoms with Crippen molar-refractivity contribution in [2.75, 3.05) is 4.90 Å². The lowest BCUT2D eigenvalue weighted by molar-refractivity contribution is 0.794. The van der Waals surface area contributed by atoms with Crippen LogP contribution in [-0.4, -0.2) is 0 Å². The number of rotatable bonds is 5. The largest absolute Gasteiger partial charge is 0.310 e. The van der Waals surface area contributed by atoms with E-state index in [1.54, 1.807) is 0 Å². The molecule has 0 fully saturated rings. The maximum absolute atomic E-state index is 2.45. The second-order valence-electron chi connectivity index (χ2n) is 14.4. The van der Waals surface area contributed by atoms with Gasteiger partial charge in [0.15, 0.2) is 0 Å². The average Bonchev–Trinajstić information content (AvgIpc) is 3.72. The maximum Gasteiger partial charge on any atom is 0.0725 e. The van der Waals surface area contributed by atoms with E-state index in [2.05, 4.69) is 217 Å². The van der Waals surface area contributed by atoms with Crippen molar-refractivity contribution in [3.05, 3.63) is 235 Å². The fourth-order valence-electron chi connectivity index (χ4n) is 9.44. The molecule has 0 aliphatic heterocycles. The van der Waals surface area contributed by atoms with Gasteiger partial charge in [0.05, 0.1) is 11.1 Å². The Kier molecular flexibility index (Phi) is 6.84. The fourth-order valence-corrected chi connectivity index (χ4v) is 9.44. The molecule has 0 radical (unpaired) electrons. The van der Waals surface area contributed by atoms with E-state index in [4.69, 9.17) is 0 Å². The summed E-state index contributed by atoms with van der Waals surface area (Å²) in [5.74, 6) is 0. The van der Waals surface area contributed by atoms with Gasteiger partial charge in [0.1, 0.15) is 0 Å². The highest BCUT2D eigenvalue weighted by molar-refractivity contribution is 6.07. The second kappa shape index (κ2) is 12.0. The van der Waals surface area contributed by atoms with Crippen LogP contribution in [0.2, 0.25) is 0 Å². The zero-order valence-corrected chi connectivity index (χ0v) is 29.7. The Morgan fingerprint density at radius 3 is 1.37 bits per heavy atom. The number of hydrogen-bond donors (Lipinski definition) is 0. The smallest absolute Gasteiger partial charge is 0.0725 e. The summed E-state index contributed by atoms with van der Waals surface area (Å²) >= 11 is 0. The Bertz CT molecular complexity index is 2820. The summed E-state index contributed by atoms with van der Waals surface area (Å²) in [4.78, 5) is 2.45. The predicted molar refractivity (Wildman–Crippen MR) is 226 cm³/mol. The minimum atomic E-state index is -0.371. The van der Waals surface area contributed by atoms with Gasteiger partial charge in [-0.3, -0.25) is 0 Å². The van der Waals surface area contributed by atoms with Crippen molar-refractivity contribution in [1.29, 1.82) is 0 Å². The highest BCUT2D eigenvalue weighted by Crippen LogP contribution is 2.63. The monoisotopic (exact) mass is 685 g/mol. The van der Waals surface area contributed by atoms with Gasteiger partial charge in [0.2, 0.25) is 0 Å². The Morgan fingerprint density at radius 1 is 0.278 bits per heavy atom. The summed E-state index contributed by atoms with van der Waals surface area (Å²) in [6.07, 6.45) is 0. The van der Waals surface area contributed by atoms with Crippen LogP contribution in [-0.2, 0) is 5.41 Å². The SMILES string of the molecule is c1ccc(-c2ccc(N(c3ccc4c(c3)-c3ccccc3C43c4ccccc4-c4ccccc43)c3ccc(-c4ccccc4)c4ccccc34)cc2)cc1. The fraction of sp³-hybridized carbons (Fsp3) is 0.0189. The van der Waals surface area contributed by atoms with Crippen molar-refractivity contribution < 1.29 is 0 Å². The van der Waals surface area contributed by atoms with Crippen molar-refractivity contribution in [2.24, 2.45) is 0 Å². The third-order valence-electron chi connectivity index (χ3n) is 11.7. The minimum Gasteiger partial charge on any atom is -0.310 e. The van der Waals surface area contributed by atoms with E-state index < -0.39 is 0 Å². The molecular weight excluding hydrogens is 651 g/mol. The van der Waals surface area contributed by atoms with E-state index in [9.17, 15) is 0 Å². The molecule has 0 amide bonds. The molecule has 9 aromatic carbocycles. The van der Waals surface area contributed by atoms with Gasteiger partial charge in [-0.25, -0.2) is 0 Å². The summed E-state index contributed by atoms with van der Waals surface area (Å²) in [5, 5.41) is 2.44. The molecule has 1 spiro atoms. The van der Waals surface area contributed by atoms with Gasteiger partial charge in [0, 0.05) is 16.8 Å². The normalized spacial score (nSPS) is 13.0. The van der Waals surface area contributed by atoms with Crippen molar-refractivity contribution >= 4 is 27.8 Å². The molecule has 0 atom stereocenters. The van der Waals surface area contributed by atoms with E-state index in [0.29, 0.717) is 0 Å². The number of anilines is 3. The molecule has 11 rings (SSSR count). The van der Waals surface area contributed by atoms with Crippen LogP contribution >= 0.6 is 0 Å². The van der Waals surface area contributed by atoms with E-state index in [-0.39, 0.29) is 5.41 Å². The van der Waals surface area contributed by atoms with Gasteiger partial charge < -0.3 is 4.90 Å². The van der Waals surface area contributed by atoms with Gasteiger partial charge >= 0.3 is 0 Å². The van der Waals surface area contributed by atoms with Crippen molar-refractivity contribution in [1.82, 2.24) is 0 Å². The Balaban J connectivity index is 1.15. The molecule has 0 aromatic heterocycles. The zero-order valence-electron chi connectivity index (χ0n) is 29.7. The molecule has 9 aromatic rings. The maximum atomic E-state index is 2.45. The van der Waals surface area contributed by atoms with Crippen LogP contribution in [0.3, 0.4) is 0 Å². The zero-order chi connectivity index (χ0) is 35.6. The van der Waals surface area contributed by atoms with E-state index in [0.717, 1.165) is 17.1 Å². The third-order valence-corrected chi connectivity index (χ3v) is 11.7. The lowest BCUT2D eigenvalue weighted by Gasteiger charge is -2.31. The van der Waals surface area contributed by atoms with Crippen LogP contribution in [0, 0.1) is 0 Å². The Labute approximate surface area is 316 Å². The Morgan fingerprint density at radius 2 is 0.741 bits per heavy atom. The lowest BCUT2D eigenvalue weighted by Crippen LogP contribution is -2.25. The van der Waals surface area contributed by atoms with Crippen LogP contribution in [0.4, 0.5) is 17.1 Å². The van der Waals surface area contributed by atoms with Gasteiger partial charge in [-0.05, 0) is 102 Å². The van der Waals surface area contributed by atoms with E-state index >= 15 is 0 Å². The first kappa shape index (κ1) is 30.6. The highest BCUT2D eigenvalue weighted by atomic mass is 15.1. The van der Waals surface area contributed by atoms with E-state index in [1.807, 2.05) is 0 Å². The first-order chi connectivity index (χ1) is 26.8. The van der Waals surface area contributed by atoms with Crippen LogP contribution in [0.5, 0.6) is 0 Å². The highest BCUT2D eigenvalue weighted by Gasteiger charge is 2.51. The van der Waals surface area contributed by atoms with Crippen LogP contribution in [0.1, 0.15) is 22.3 Å². The molecule has 2 aliphatic carbocycles. The summed E-state index contributed by atoms with van der Waals surface area (Å²) < 4.78 is 0. The van der Waals surface area contributed by atoms with Crippen LogP contribution in [0.15, 0.2) is 212 Å². The summed E-state index contributed by atoms with van der Waals surface area (Å²) in [6.45, 7) is 0. The molecule has 252 valence electrons. The van der Waals surface area contributed by atoms with Gasteiger partial charge in [-0.15, -0.1) is 0 Å². The lowest BCUT2D eigenvalue weighted by atomic mass is 9.70. The molecule has 1 heteroatoms. The Hall–Kier alpha value is -6.96. The predicted octanol–water partition coefficient (Wildman–Crippen LogP) is 14.0. The first-order valence-electron chi connectivity index (χ1n) is 18.8. The molecule has 2 aliphatic rings. The van der Waals surface area contributed by atoms with Gasteiger partial charge in [-0.2, -0.15) is 0 Å². The van der Waals surface area contributed by atoms with Gasteiger partial charge in [0.25, 0.3) is 0 Å². The number of hydrogen-bond acceptors (Lipinski definition) is 1.